The van der Waals surface area contributed by atoms with Crippen LogP contribution in [0.25, 0.3) is 11.2 Å². The average Bonchev–Trinajstić information content (AvgIpc) is 2.75. The Hall–Kier alpha value is -1.62. The van der Waals surface area contributed by atoms with Gasteiger partial charge in [-0.05, 0) is 46.8 Å². The number of nitrogens with zero attached hydrogens (tertiary/aromatic N) is 3. The fourth-order valence-corrected chi connectivity index (χ4v) is 2.35. The van der Waals surface area contributed by atoms with Gasteiger partial charge in [0.25, 0.3) is 0 Å². The molecule has 0 aromatic carbocycles. The number of carbonyl (C=O) groups excluding carboxylic acids is 1. The highest BCUT2D eigenvalue weighted by Crippen LogP contribution is 2.27. The molecule has 2 aromatic rings. The monoisotopic (exact) mass is 308 g/mol. The van der Waals surface area contributed by atoms with E-state index in [1.165, 1.54) is 0 Å². The Morgan fingerprint density at radius 1 is 1.38 bits per heavy atom. The van der Waals surface area contributed by atoms with E-state index in [-0.39, 0.29) is 16.8 Å². The maximum absolute atomic E-state index is 12.4. The van der Waals surface area contributed by atoms with Crippen LogP contribution in [-0.2, 0) is 4.79 Å². The molecule has 21 heavy (non-hydrogen) atoms. The molecule has 5 nitrogen and oxygen atoms in total. The lowest BCUT2D eigenvalue weighted by atomic mass is 10.1. The number of hydrogen-bond acceptors (Lipinski definition) is 3. The summed E-state index contributed by atoms with van der Waals surface area (Å²) in [5, 5.41) is 2.68. The lowest BCUT2D eigenvalue weighted by molar-refractivity contribution is -0.125. The Morgan fingerprint density at radius 2 is 2.05 bits per heavy atom. The van der Waals surface area contributed by atoms with Crippen LogP contribution in [0.4, 0.5) is 0 Å². The number of imidazole rings is 1. The van der Waals surface area contributed by atoms with Gasteiger partial charge in [-0.2, -0.15) is 0 Å². The van der Waals surface area contributed by atoms with Crippen molar-refractivity contribution in [1.82, 2.24) is 19.9 Å². The Labute approximate surface area is 129 Å². The molecule has 0 bridgehead atoms. The van der Waals surface area contributed by atoms with Crippen molar-refractivity contribution in [1.29, 1.82) is 0 Å². The summed E-state index contributed by atoms with van der Waals surface area (Å²) in [5.74, 6) is 0.577. The molecule has 2 heterocycles. The molecule has 2 aromatic heterocycles. The Morgan fingerprint density at radius 3 is 2.62 bits per heavy atom. The van der Waals surface area contributed by atoms with Gasteiger partial charge in [-0.1, -0.05) is 0 Å². The maximum Gasteiger partial charge on any atom is 0.243 e. The molecule has 2 rings (SSSR count). The van der Waals surface area contributed by atoms with Gasteiger partial charge in [0.2, 0.25) is 5.91 Å². The van der Waals surface area contributed by atoms with E-state index in [1.807, 2.05) is 51.3 Å². The number of amides is 1. The number of carbonyl (C=O) groups is 1. The number of pyridine rings is 1. The highest BCUT2D eigenvalue weighted by Gasteiger charge is 2.26. The van der Waals surface area contributed by atoms with Crippen LogP contribution in [0.3, 0.4) is 0 Å². The van der Waals surface area contributed by atoms with Crippen LogP contribution in [0.1, 0.15) is 51.9 Å². The lowest BCUT2D eigenvalue weighted by Gasteiger charge is -2.25. The van der Waals surface area contributed by atoms with E-state index in [1.54, 1.807) is 6.20 Å². The van der Waals surface area contributed by atoms with Gasteiger partial charge in [0.15, 0.2) is 5.65 Å². The fourth-order valence-electron chi connectivity index (χ4n) is 2.20. The molecule has 2 unspecified atom stereocenters. The molecule has 0 radical (unpaired) electrons. The zero-order chi connectivity index (χ0) is 15.8. The van der Waals surface area contributed by atoms with E-state index < -0.39 is 6.04 Å². The summed E-state index contributed by atoms with van der Waals surface area (Å²) in [6, 6.07) is 3.26. The van der Waals surface area contributed by atoms with Crippen LogP contribution in [0.5, 0.6) is 0 Å². The molecule has 114 valence electrons. The summed E-state index contributed by atoms with van der Waals surface area (Å²) in [6.45, 7) is 9.53. The van der Waals surface area contributed by atoms with Crippen LogP contribution in [0.2, 0.25) is 0 Å². The van der Waals surface area contributed by atoms with E-state index in [0.29, 0.717) is 11.5 Å². The summed E-state index contributed by atoms with van der Waals surface area (Å²) in [6.07, 6.45) is 1.69. The molecule has 1 N–H and O–H groups in total. The molecule has 6 heteroatoms. The molecule has 0 spiro atoms. The minimum Gasteiger partial charge on any atom is -0.350 e. The van der Waals surface area contributed by atoms with Gasteiger partial charge in [-0.15, -0.1) is 11.6 Å². The molecule has 0 saturated heterocycles. The average molecular weight is 309 g/mol. The second kappa shape index (κ2) is 5.64. The van der Waals surface area contributed by atoms with E-state index in [4.69, 9.17) is 11.6 Å². The molecular weight excluding hydrogens is 288 g/mol. The zero-order valence-corrected chi connectivity index (χ0v) is 13.8. The summed E-state index contributed by atoms with van der Waals surface area (Å²) in [5.41, 5.74) is 1.13. The fraction of sp³-hybridized carbons (Fsp3) is 0.533. The smallest absolute Gasteiger partial charge is 0.243 e. The molecule has 0 aliphatic rings. The number of halogens is 1. The predicted octanol–water partition coefficient (Wildman–Crippen LogP) is 3.21. The van der Waals surface area contributed by atoms with Crippen molar-refractivity contribution in [2.45, 2.75) is 51.6 Å². The molecular formula is C15H21ClN4O. The number of rotatable bonds is 3. The van der Waals surface area contributed by atoms with Gasteiger partial charge >= 0.3 is 0 Å². The van der Waals surface area contributed by atoms with Crippen LogP contribution >= 0.6 is 11.6 Å². The highest BCUT2D eigenvalue weighted by atomic mass is 35.5. The predicted molar refractivity (Wildman–Crippen MR) is 84.4 cm³/mol. The first-order valence-corrected chi connectivity index (χ1v) is 7.43. The Balaban J connectivity index is 2.49. The zero-order valence-electron chi connectivity index (χ0n) is 13.0. The molecule has 1 amide bonds. The first kappa shape index (κ1) is 15.8. The first-order valence-electron chi connectivity index (χ1n) is 6.99. The number of fused-ring (bicyclic) bond motifs is 1. The van der Waals surface area contributed by atoms with Crippen molar-refractivity contribution in [3.05, 3.63) is 24.2 Å². The van der Waals surface area contributed by atoms with E-state index >= 15 is 0 Å². The number of nitrogens with one attached hydrogen (secondary N) is 1. The van der Waals surface area contributed by atoms with Gasteiger partial charge in [0.05, 0.1) is 5.38 Å². The summed E-state index contributed by atoms with van der Waals surface area (Å²) in [4.78, 5) is 21.3. The van der Waals surface area contributed by atoms with Gasteiger partial charge < -0.3 is 5.32 Å². The van der Waals surface area contributed by atoms with Gasteiger partial charge in [-0.25, -0.2) is 9.97 Å². The first-order chi connectivity index (χ1) is 9.70. The van der Waals surface area contributed by atoms with Gasteiger partial charge in [-0.3, -0.25) is 9.36 Å². The van der Waals surface area contributed by atoms with Gasteiger partial charge in [0, 0.05) is 11.7 Å². The van der Waals surface area contributed by atoms with E-state index in [9.17, 15) is 4.79 Å². The number of alkyl halides is 1. The third-order valence-corrected chi connectivity index (χ3v) is 3.29. The maximum atomic E-state index is 12.4. The summed E-state index contributed by atoms with van der Waals surface area (Å²) >= 11 is 6.22. The topological polar surface area (TPSA) is 59.8 Å². The molecule has 0 aliphatic carbocycles. The standard InChI is InChI=1S/C15H21ClN4O/c1-9(16)12-18-11-7-6-8-17-13(11)20(12)10(2)14(21)19-15(3,4)5/h6-10H,1-5H3,(H,19,21). The minimum absolute atomic E-state index is 0.0778. The highest BCUT2D eigenvalue weighted by molar-refractivity contribution is 6.20. The number of hydrogen-bond donors (Lipinski definition) is 1. The van der Waals surface area contributed by atoms with Crippen molar-refractivity contribution < 1.29 is 4.79 Å². The summed E-state index contributed by atoms with van der Waals surface area (Å²) in [7, 11) is 0. The summed E-state index contributed by atoms with van der Waals surface area (Å²) < 4.78 is 1.81. The SMILES string of the molecule is CC(Cl)c1nc2cccnc2n1C(C)C(=O)NC(C)(C)C. The largest absolute Gasteiger partial charge is 0.350 e. The van der Waals surface area contributed by atoms with Gasteiger partial charge in [0.1, 0.15) is 17.4 Å². The van der Waals surface area contributed by atoms with Crippen LogP contribution in [0.15, 0.2) is 18.3 Å². The van der Waals surface area contributed by atoms with Crippen LogP contribution in [-0.4, -0.2) is 26.0 Å². The Bertz CT molecular complexity index is 657. The quantitative estimate of drug-likeness (QED) is 0.886. The van der Waals surface area contributed by atoms with Crippen molar-refractivity contribution in [2.75, 3.05) is 0 Å². The van der Waals surface area contributed by atoms with Crippen molar-refractivity contribution in [3.8, 4) is 0 Å². The third-order valence-electron chi connectivity index (χ3n) is 3.10. The molecule has 2 atom stereocenters. The van der Waals surface area contributed by atoms with E-state index in [2.05, 4.69) is 15.3 Å². The molecule has 0 saturated carbocycles. The van der Waals surface area contributed by atoms with Crippen molar-refractivity contribution in [2.24, 2.45) is 0 Å². The van der Waals surface area contributed by atoms with Crippen molar-refractivity contribution in [3.63, 3.8) is 0 Å². The van der Waals surface area contributed by atoms with Crippen LogP contribution in [0, 0.1) is 0 Å². The van der Waals surface area contributed by atoms with Crippen molar-refractivity contribution >= 4 is 28.7 Å². The number of aromatic nitrogens is 3. The third kappa shape index (κ3) is 3.35. The normalized spacial score (nSPS) is 15.0. The lowest BCUT2D eigenvalue weighted by Crippen LogP contribution is -2.44. The minimum atomic E-state index is -0.430. The van der Waals surface area contributed by atoms with E-state index in [0.717, 1.165) is 5.52 Å². The molecule has 0 fully saturated rings. The Kier molecular flexibility index (Phi) is 4.23. The molecule has 0 aliphatic heterocycles. The van der Waals surface area contributed by atoms with Crippen LogP contribution < -0.4 is 5.32 Å². The second-order valence-corrected chi connectivity index (χ2v) is 6.87. The second-order valence-electron chi connectivity index (χ2n) is 6.22.